The third-order valence-corrected chi connectivity index (χ3v) is 3.02. The fourth-order valence-electron chi connectivity index (χ4n) is 2.11. The molecule has 0 saturated carbocycles. The lowest BCUT2D eigenvalue weighted by molar-refractivity contribution is 0.419. The second-order valence-corrected chi connectivity index (χ2v) is 4.28. The SMILES string of the molecule is Cc1cc(C2=C(O)C(=C(C#N)C#N)/C2=C(/N)C#N)ccn1. The Morgan fingerprint density at radius 3 is 2.38 bits per heavy atom. The Kier molecular flexibility index (Phi) is 3.44. The first-order valence-electron chi connectivity index (χ1n) is 5.86. The predicted octanol–water partition coefficient (Wildman–Crippen LogP) is 1.75. The number of nitrogens with two attached hydrogens (primary N) is 1. The van der Waals surface area contributed by atoms with E-state index in [0.717, 1.165) is 5.69 Å². The molecule has 0 aromatic carbocycles. The minimum Gasteiger partial charge on any atom is -0.507 e. The van der Waals surface area contributed by atoms with E-state index in [1.54, 1.807) is 43.5 Å². The van der Waals surface area contributed by atoms with Gasteiger partial charge < -0.3 is 10.8 Å². The van der Waals surface area contributed by atoms with Gasteiger partial charge in [0.15, 0.2) is 0 Å². The maximum absolute atomic E-state index is 10.2. The number of rotatable bonds is 1. The molecule has 0 bridgehead atoms. The van der Waals surface area contributed by atoms with Crippen molar-refractivity contribution >= 4 is 5.57 Å². The van der Waals surface area contributed by atoms with Crippen LogP contribution in [0.4, 0.5) is 0 Å². The van der Waals surface area contributed by atoms with Crippen molar-refractivity contribution in [3.8, 4) is 18.2 Å². The normalized spacial score (nSPS) is 15.4. The summed E-state index contributed by atoms with van der Waals surface area (Å²) in [7, 11) is 0. The van der Waals surface area contributed by atoms with Crippen molar-refractivity contribution < 1.29 is 5.11 Å². The lowest BCUT2D eigenvalue weighted by Gasteiger charge is -2.27. The van der Waals surface area contributed by atoms with E-state index in [0.29, 0.717) is 11.1 Å². The second-order valence-electron chi connectivity index (χ2n) is 4.28. The second kappa shape index (κ2) is 5.21. The Morgan fingerprint density at radius 2 is 1.86 bits per heavy atom. The van der Waals surface area contributed by atoms with Gasteiger partial charge in [-0.3, -0.25) is 4.98 Å². The summed E-state index contributed by atoms with van der Waals surface area (Å²) in [5.74, 6) is -0.216. The van der Waals surface area contributed by atoms with Gasteiger partial charge in [0, 0.05) is 23.0 Å². The number of allylic oxidation sites excluding steroid dienone is 4. The molecule has 100 valence electrons. The fraction of sp³-hybridized carbons (Fsp3) is 0.0667. The lowest BCUT2D eigenvalue weighted by atomic mass is 9.76. The van der Waals surface area contributed by atoms with Gasteiger partial charge in [0.25, 0.3) is 0 Å². The van der Waals surface area contributed by atoms with Gasteiger partial charge in [0.2, 0.25) is 0 Å². The molecule has 0 aliphatic heterocycles. The molecule has 6 heteroatoms. The number of aliphatic hydroxyl groups excluding tert-OH is 1. The number of nitriles is 3. The van der Waals surface area contributed by atoms with Crippen molar-refractivity contribution in [2.24, 2.45) is 5.73 Å². The van der Waals surface area contributed by atoms with E-state index in [9.17, 15) is 5.11 Å². The van der Waals surface area contributed by atoms with Gasteiger partial charge in [-0.05, 0) is 24.6 Å². The van der Waals surface area contributed by atoms with Crippen LogP contribution in [0.25, 0.3) is 5.57 Å². The van der Waals surface area contributed by atoms with Crippen LogP contribution in [0.3, 0.4) is 0 Å². The van der Waals surface area contributed by atoms with Crippen molar-refractivity contribution in [1.82, 2.24) is 4.98 Å². The zero-order valence-electron chi connectivity index (χ0n) is 11.0. The summed E-state index contributed by atoms with van der Waals surface area (Å²) >= 11 is 0. The summed E-state index contributed by atoms with van der Waals surface area (Å²) in [5, 5.41) is 37.0. The highest BCUT2D eigenvalue weighted by Gasteiger charge is 2.36. The van der Waals surface area contributed by atoms with Crippen LogP contribution in [0.2, 0.25) is 0 Å². The Morgan fingerprint density at radius 1 is 1.19 bits per heavy atom. The first-order valence-corrected chi connectivity index (χ1v) is 5.86. The third kappa shape index (κ3) is 2.10. The van der Waals surface area contributed by atoms with Gasteiger partial charge in [-0.2, -0.15) is 15.8 Å². The zero-order valence-corrected chi connectivity index (χ0v) is 11.0. The number of aliphatic hydroxyl groups is 1. The van der Waals surface area contributed by atoms with Crippen LogP contribution in [0.1, 0.15) is 11.3 Å². The average Bonchev–Trinajstić information content (AvgIpc) is 2.48. The Bertz CT molecular complexity index is 837. The van der Waals surface area contributed by atoms with Crippen LogP contribution in [0.5, 0.6) is 0 Å². The van der Waals surface area contributed by atoms with Crippen LogP contribution < -0.4 is 5.73 Å². The molecule has 0 unspecified atom stereocenters. The molecular weight excluding hydrogens is 266 g/mol. The summed E-state index contributed by atoms with van der Waals surface area (Å²) in [4.78, 5) is 4.05. The standard InChI is InChI=1S/C15H9N5O/c1-8-4-9(2-3-20-8)12-14(11(19)7-18)13(15(12)21)10(5-16)6-17/h2-4,21H,19H2,1H3/b14-11+. The number of aryl methyl sites for hydroxylation is 1. The highest BCUT2D eigenvalue weighted by Crippen LogP contribution is 2.46. The monoisotopic (exact) mass is 275 g/mol. The van der Waals surface area contributed by atoms with Gasteiger partial charge in [-0.25, -0.2) is 0 Å². The summed E-state index contributed by atoms with van der Waals surface area (Å²) in [6.45, 7) is 1.78. The van der Waals surface area contributed by atoms with E-state index in [1.807, 2.05) is 0 Å². The maximum atomic E-state index is 10.2. The van der Waals surface area contributed by atoms with Gasteiger partial charge in [0.05, 0.1) is 5.57 Å². The van der Waals surface area contributed by atoms with E-state index in [-0.39, 0.29) is 28.2 Å². The number of nitrogens with zero attached hydrogens (tertiary/aromatic N) is 4. The number of aromatic nitrogens is 1. The average molecular weight is 275 g/mol. The highest BCUT2D eigenvalue weighted by atomic mass is 16.3. The Balaban J connectivity index is 2.79. The van der Waals surface area contributed by atoms with Crippen LogP contribution in [-0.4, -0.2) is 10.1 Å². The van der Waals surface area contributed by atoms with E-state index in [1.165, 1.54) is 0 Å². The molecule has 3 N–H and O–H groups in total. The van der Waals surface area contributed by atoms with Crippen LogP contribution in [0, 0.1) is 40.9 Å². The molecule has 0 atom stereocenters. The van der Waals surface area contributed by atoms with Crippen LogP contribution >= 0.6 is 0 Å². The van der Waals surface area contributed by atoms with Gasteiger partial charge >= 0.3 is 0 Å². The zero-order chi connectivity index (χ0) is 15.6. The molecule has 0 saturated heterocycles. The molecular formula is C15H9N5O. The highest BCUT2D eigenvalue weighted by molar-refractivity contribution is 5.99. The molecule has 0 spiro atoms. The minimum atomic E-state index is -0.282. The van der Waals surface area contributed by atoms with Crippen molar-refractivity contribution in [2.75, 3.05) is 0 Å². The molecule has 0 amide bonds. The summed E-state index contributed by atoms with van der Waals surface area (Å²) in [5.41, 5.74) is 7.13. The third-order valence-electron chi connectivity index (χ3n) is 3.02. The number of hydrogen-bond acceptors (Lipinski definition) is 6. The molecule has 1 aliphatic rings. The van der Waals surface area contributed by atoms with Crippen LogP contribution in [0.15, 0.2) is 46.5 Å². The van der Waals surface area contributed by atoms with Crippen LogP contribution in [-0.2, 0) is 0 Å². The molecule has 1 aromatic heterocycles. The molecule has 6 nitrogen and oxygen atoms in total. The van der Waals surface area contributed by atoms with Crippen molar-refractivity contribution in [1.29, 1.82) is 15.8 Å². The molecule has 1 aliphatic carbocycles. The van der Waals surface area contributed by atoms with E-state index < -0.39 is 0 Å². The van der Waals surface area contributed by atoms with Gasteiger partial charge in [0.1, 0.15) is 35.2 Å². The van der Waals surface area contributed by atoms with Crippen molar-refractivity contribution in [3.63, 3.8) is 0 Å². The molecule has 0 fully saturated rings. The summed E-state index contributed by atoms with van der Waals surface area (Å²) in [6.07, 6.45) is 1.56. The summed E-state index contributed by atoms with van der Waals surface area (Å²) in [6, 6.07) is 8.52. The van der Waals surface area contributed by atoms with E-state index >= 15 is 0 Å². The molecule has 2 rings (SSSR count). The van der Waals surface area contributed by atoms with Crippen molar-refractivity contribution in [2.45, 2.75) is 6.92 Å². The predicted molar refractivity (Wildman–Crippen MR) is 73.6 cm³/mol. The van der Waals surface area contributed by atoms with Gasteiger partial charge in [-0.15, -0.1) is 0 Å². The molecule has 1 aromatic rings. The fourth-order valence-corrected chi connectivity index (χ4v) is 2.11. The van der Waals surface area contributed by atoms with E-state index in [4.69, 9.17) is 21.5 Å². The van der Waals surface area contributed by atoms with Gasteiger partial charge in [-0.1, -0.05) is 0 Å². The molecule has 1 heterocycles. The quantitative estimate of drug-likeness (QED) is 0.750. The van der Waals surface area contributed by atoms with E-state index in [2.05, 4.69) is 4.98 Å². The Labute approximate surface area is 121 Å². The largest absolute Gasteiger partial charge is 0.507 e. The minimum absolute atomic E-state index is 0.0171. The molecule has 21 heavy (non-hydrogen) atoms. The number of hydrogen-bond donors (Lipinski definition) is 2. The number of pyridine rings is 1. The van der Waals surface area contributed by atoms with Crippen molar-refractivity contribution in [3.05, 3.63) is 57.8 Å². The topological polar surface area (TPSA) is 131 Å². The Hall–Kier alpha value is -3.56. The maximum Gasteiger partial charge on any atom is 0.141 e. The smallest absolute Gasteiger partial charge is 0.141 e. The first-order chi connectivity index (χ1) is 10.0. The summed E-state index contributed by atoms with van der Waals surface area (Å²) < 4.78 is 0. The lowest BCUT2D eigenvalue weighted by Crippen LogP contribution is -2.18. The first kappa shape index (κ1) is 13.9. The molecule has 0 radical (unpaired) electrons.